The summed E-state index contributed by atoms with van der Waals surface area (Å²) in [6.07, 6.45) is 7.24. The van der Waals surface area contributed by atoms with Crippen LogP contribution < -0.4 is 5.32 Å². The normalized spacial score (nSPS) is 17.7. The Balaban J connectivity index is 1.64. The van der Waals surface area contributed by atoms with E-state index >= 15 is 0 Å². The molecule has 0 aromatic carbocycles. The third-order valence-electron chi connectivity index (χ3n) is 3.84. The number of aromatic amines is 1. The number of H-pyrrole nitrogens is 1. The molecule has 2 N–H and O–H groups in total. The highest BCUT2D eigenvalue weighted by molar-refractivity contribution is 5.85. The Kier molecular flexibility index (Phi) is 3.08. The fraction of sp³-hybridized carbons (Fsp3) is 0.500. The van der Waals surface area contributed by atoms with Crippen molar-refractivity contribution < 1.29 is 4.79 Å². The fourth-order valence-electron chi connectivity index (χ4n) is 2.38. The molecule has 0 aliphatic heterocycles. The first kappa shape index (κ1) is 12.9. The van der Waals surface area contributed by atoms with Crippen LogP contribution in [0.15, 0.2) is 24.7 Å². The van der Waals surface area contributed by atoms with Crippen LogP contribution in [0.1, 0.15) is 37.3 Å². The highest BCUT2D eigenvalue weighted by atomic mass is 16.2. The maximum absolute atomic E-state index is 12.5. The van der Waals surface area contributed by atoms with Crippen molar-refractivity contribution in [3.8, 4) is 0 Å². The van der Waals surface area contributed by atoms with Gasteiger partial charge in [0, 0.05) is 24.3 Å². The van der Waals surface area contributed by atoms with E-state index in [1.807, 2.05) is 30.8 Å². The molecule has 1 aliphatic carbocycles. The van der Waals surface area contributed by atoms with Crippen molar-refractivity contribution in [2.24, 2.45) is 5.41 Å². The molecule has 1 amide bonds. The molecule has 0 saturated heterocycles. The molecule has 1 atom stereocenters. The van der Waals surface area contributed by atoms with Gasteiger partial charge in [-0.2, -0.15) is 5.10 Å². The SMILES string of the molecule is Cc1cnc([C@@H](C)NC(=O)C2(Cn3cccn3)CC2)[nH]1. The zero-order valence-corrected chi connectivity index (χ0v) is 11.8. The number of hydrogen-bond acceptors (Lipinski definition) is 3. The van der Waals surface area contributed by atoms with Crippen LogP contribution in [0.4, 0.5) is 0 Å². The minimum atomic E-state index is -0.290. The number of amides is 1. The molecule has 1 aliphatic rings. The van der Waals surface area contributed by atoms with Gasteiger partial charge in [-0.3, -0.25) is 9.48 Å². The zero-order valence-electron chi connectivity index (χ0n) is 11.8. The highest BCUT2D eigenvalue weighted by Crippen LogP contribution is 2.47. The monoisotopic (exact) mass is 273 g/mol. The lowest BCUT2D eigenvalue weighted by Gasteiger charge is -2.18. The van der Waals surface area contributed by atoms with E-state index in [0.717, 1.165) is 24.4 Å². The molecule has 20 heavy (non-hydrogen) atoms. The van der Waals surface area contributed by atoms with Crippen molar-refractivity contribution in [2.75, 3.05) is 0 Å². The summed E-state index contributed by atoms with van der Waals surface area (Å²) in [4.78, 5) is 19.9. The van der Waals surface area contributed by atoms with Gasteiger partial charge in [0.15, 0.2) is 0 Å². The van der Waals surface area contributed by atoms with E-state index in [9.17, 15) is 4.79 Å². The molecule has 2 aromatic heterocycles. The lowest BCUT2D eigenvalue weighted by molar-refractivity contribution is -0.127. The molecule has 1 saturated carbocycles. The summed E-state index contributed by atoms with van der Waals surface area (Å²) in [5.41, 5.74) is 0.709. The highest BCUT2D eigenvalue weighted by Gasteiger charge is 2.50. The predicted molar refractivity (Wildman–Crippen MR) is 73.8 cm³/mol. The van der Waals surface area contributed by atoms with Crippen molar-refractivity contribution in [3.05, 3.63) is 36.2 Å². The van der Waals surface area contributed by atoms with E-state index in [1.54, 1.807) is 12.4 Å². The Bertz CT molecular complexity index is 597. The molecule has 0 spiro atoms. The molecule has 2 heterocycles. The lowest BCUT2D eigenvalue weighted by Crippen LogP contribution is -2.36. The molecule has 6 heteroatoms. The smallest absolute Gasteiger partial charge is 0.228 e. The third kappa shape index (κ3) is 2.45. The van der Waals surface area contributed by atoms with Crippen molar-refractivity contribution in [2.45, 2.75) is 39.3 Å². The number of rotatable bonds is 5. The second-order valence-corrected chi connectivity index (χ2v) is 5.63. The lowest BCUT2D eigenvalue weighted by atomic mass is 10.1. The Morgan fingerprint density at radius 3 is 2.95 bits per heavy atom. The standard InChI is InChI=1S/C14H19N5O/c1-10-8-15-12(17-10)11(2)18-13(20)14(4-5-14)9-19-7-3-6-16-19/h3,6-8,11H,4-5,9H2,1-2H3,(H,15,17)(H,18,20)/t11-/m1/s1. The van der Waals surface area contributed by atoms with E-state index in [-0.39, 0.29) is 17.4 Å². The van der Waals surface area contributed by atoms with Gasteiger partial charge < -0.3 is 10.3 Å². The Labute approximate surface area is 117 Å². The van der Waals surface area contributed by atoms with Crippen LogP contribution in [-0.2, 0) is 11.3 Å². The van der Waals surface area contributed by atoms with Crippen molar-refractivity contribution >= 4 is 5.91 Å². The Morgan fingerprint density at radius 1 is 1.60 bits per heavy atom. The van der Waals surface area contributed by atoms with Crippen molar-refractivity contribution in [3.63, 3.8) is 0 Å². The fourth-order valence-corrected chi connectivity index (χ4v) is 2.38. The van der Waals surface area contributed by atoms with E-state index in [4.69, 9.17) is 0 Å². The first-order valence-corrected chi connectivity index (χ1v) is 6.89. The molecule has 0 bridgehead atoms. The van der Waals surface area contributed by atoms with Gasteiger partial charge in [-0.05, 0) is 32.8 Å². The number of nitrogens with one attached hydrogen (secondary N) is 2. The maximum Gasteiger partial charge on any atom is 0.228 e. The number of hydrogen-bond donors (Lipinski definition) is 2. The van der Waals surface area contributed by atoms with Crippen LogP contribution >= 0.6 is 0 Å². The third-order valence-corrected chi connectivity index (χ3v) is 3.84. The number of imidazole rings is 1. The maximum atomic E-state index is 12.5. The average Bonchev–Trinajstić information content (AvgIpc) is 2.83. The van der Waals surface area contributed by atoms with Gasteiger partial charge in [0.1, 0.15) is 5.82 Å². The van der Waals surface area contributed by atoms with E-state index in [2.05, 4.69) is 20.4 Å². The minimum Gasteiger partial charge on any atom is -0.346 e. The van der Waals surface area contributed by atoms with Crippen LogP contribution in [-0.4, -0.2) is 25.7 Å². The summed E-state index contributed by atoms with van der Waals surface area (Å²) >= 11 is 0. The van der Waals surface area contributed by atoms with Crippen molar-refractivity contribution in [1.29, 1.82) is 0 Å². The molecule has 6 nitrogen and oxygen atoms in total. The van der Waals surface area contributed by atoms with Crippen LogP contribution in [0.3, 0.4) is 0 Å². The topological polar surface area (TPSA) is 75.6 Å². The van der Waals surface area contributed by atoms with Gasteiger partial charge in [-0.15, -0.1) is 0 Å². The molecular weight excluding hydrogens is 254 g/mol. The first-order valence-electron chi connectivity index (χ1n) is 6.89. The second kappa shape index (κ2) is 4.77. The minimum absolute atomic E-state index is 0.0922. The van der Waals surface area contributed by atoms with Gasteiger partial charge in [-0.25, -0.2) is 4.98 Å². The van der Waals surface area contributed by atoms with Gasteiger partial charge >= 0.3 is 0 Å². The number of aromatic nitrogens is 4. The van der Waals surface area contributed by atoms with E-state index in [1.165, 1.54) is 0 Å². The molecule has 0 unspecified atom stereocenters. The van der Waals surface area contributed by atoms with Crippen LogP contribution in [0.25, 0.3) is 0 Å². The van der Waals surface area contributed by atoms with Gasteiger partial charge in [0.05, 0.1) is 18.0 Å². The first-order chi connectivity index (χ1) is 9.59. The van der Waals surface area contributed by atoms with Gasteiger partial charge in [0.2, 0.25) is 5.91 Å². The van der Waals surface area contributed by atoms with E-state index in [0.29, 0.717) is 6.54 Å². The summed E-state index contributed by atoms with van der Waals surface area (Å²) in [6.45, 7) is 4.54. The van der Waals surface area contributed by atoms with Crippen LogP contribution in [0.5, 0.6) is 0 Å². The molecule has 1 fully saturated rings. The van der Waals surface area contributed by atoms with Crippen LogP contribution in [0, 0.1) is 12.3 Å². The number of carbonyl (C=O) groups is 1. The average molecular weight is 273 g/mol. The van der Waals surface area contributed by atoms with Gasteiger partial charge in [0.25, 0.3) is 0 Å². The summed E-state index contributed by atoms with van der Waals surface area (Å²) in [7, 11) is 0. The molecular formula is C14H19N5O. The number of aryl methyl sites for hydroxylation is 1. The predicted octanol–water partition coefficient (Wildman–Crippen LogP) is 1.57. The van der Waals surface area contributed by atoms with Crippen molar-refractivity contribution in [1.82, 2.24) is 25.1 Å². The molecule has 0 radical (unpaired) electrons. The largest absolute Gasteiger partial charge is 0.346 e. The zero-order chi connectivity index (χ0) is 14.2. The quantitative estimate of drug-likeness (QED) is 0.868. The molecule has 106 valence electrons. The number of nitrogens with zero attached hydrogens (tertiary/aromatic N) is 3. The van der Waals surface area contributed by atoms with Gasteiger partial charge in [-0.1, -0.05) is 0 Å². The summed E-state index contributed by atoms with van der Waals surface area (Å²) < 4.78 is 1.83. The summed E-state index contributed by atoms with van der Waals surface area (Å²) in [5, 5.41) is 7.23. The number of carbonyl (C=O) groups excluding carboxylic acids is 1. The Hall–Kier alpha value is -2.11. The summed E-state index contributed by atoms with van der Waals surface area (Å²) in [6, 6.07) is 1.77. The summed E-state index contributed by atoms with van der Waals surface area (Å²) in [5.74, 6) is 0.889. The molecule has 2 aromatic rings. The molecule has 3 rings (SSSR count). The Morgan fingerprint density at radius 2 is 2.40 bits per heavy atom. The van der Waals surface area contributed by atoms with Crippen LogP contribution in [0.2, 0.25) is 0 Å². The second-order valence-electron chi connectivity index (χ2n) is 5.63. The van der Waals surface area contributed by atoms with E-state index < -0.39 is 0 Å².